The van der Waals surface area contributed by atoms with E-state index in [0.717, 1.165) is 22.0 Å². The fourth-order valence-electron chi connectivity index (χ4n) is 2.39. The molecule has 0 saturated carbocycles. The first-order valence-corrected chi connectivity index (χ1v) is 7.56. The number of hydrazone groups is 1. The van der Waals surface area contributed by atoms with Crippen LogP contribution in [0.1, 0.15) is 11.1 Å². The number of hydrogen-bond acceptors (Lipinski definition) is 4. The third-order valence-corrected chi connectivity index (χ3v) is 3.68. The molecule has 26 heavy (non-hydrogen) atoms. The quantitative estimate of drug-likeness (QED) is 0.787. The van der Waals surface area contributed by atoms with Crippen molar-refractivity contribution < 1.29 is 22.8 Å². The standard InChI is InChI=1S/C17H13F3N4O2/c18-17(19,20)13-4-1-5-14(7-13)23-10-16(26)24(11-15(23)25)22-9-12-3-2-6-21-8-12/h1-9H,10-11H2/b22-9+. The number of rotatable bonds is 3. The summed E-state index contributed by atoms with van der Waals surface area (Å²) in [6, 6.07) is 7.73. The van der Waals surface area contributed by atoms with E-state index in [0.29, 0.717) is 5.56 Å². The van der Waals surface area contributed by atoms with Crippen LogP contribution in [0, 0.1) is 0 Å². The Bertz CT molecular complexity index is 853. The maximum absolute atomic E-state index is 12.8. The lowest BCUT2D eigenvalue weighted by Crippen LogP contribution is -2.52. The molecule has 0 spiro atoms. The Morgan fingerprint density at radius 3 is 2.58 bits per heavy atom. The summed E-state index contributed by atoms with van der Waals surface area (Å²) in [6.07, 6.45) is -0.0223. The molecule has 1 aromatic carbocycles. The van der Waals surface area contributed by atoms with Crippen molar-refractivity contribution in [3.05, 3.63) is 59.9 Å². The predicted molar refractivity (Wildman–Crippen MR) is 87.3 cm³/mol. The molecule has 1 saturated heterocycles. The largest absolute Gasteiger partial charge is 0.416 e. The summed E-state index contributed by atoms with van der Waals surface area (Å²) in [6.45, 7) is -0.740. The summed E-state index contributed by atoms with van der Waals surface area (Å²) < 4.78 is 38.5. The monoisotopic (exact) mass is 362 g/mol. The van der Waals surface area contributed by atoms with E-state index in [1.807, 2.05) is 0 Å². The van der Waals surface area contributed by atoms with Crippen molar-refractivity contribution in [2.24, 2.45) is 5.10 Å². The molecule has 0 radical (unpaired) electrons. The number of halogens is 3. The van der Waals surface area contributed by atoms with Gasteiger partial charge in [0, 0.05) is 23.6 Å². The number of amides is 2. The number of anilines is 1. The van der Waals surface area contributed by atoms with Crippen LogP contribution in [0.5, 0.6) is 0 Å². The minimum Gasteiger partial charge on any atom is -0.301 e. The summed E-state index contributed by atoms with van der Waals surface area (Å²) in [5, 5.41) is 4.95. The molecule has 0 N–H and O–H groups in total. The molecule has 134 valence electrons. The molecular weight excluding hydrogens is 349 g/mol. The predicted octanol–water partition coefficient (Wildman–Crippen LogP) is 2.31. The Hall–Kier alpha value is -3.23. The highest BCUT2D eigenvalue weighted by Gasteiger charge is 2.34. The van der Waals surface area contributed by atoms with Gasteiger partial charge in [0.1, 0.15) is 13.1 Å². The summed E-state index contributed by atoms with van der Waals surface area (Å²) in [4.78, 5) is 29.4. The second kappa shape index (κ2) is 6.95. The highest BCUT2D eigenvalue weighted by molar-refractivity contribution is 6.04. The number of piperazine rings is 1. The first-order chi connectivity index (χ1) is 12.3. The normalized spacial score (nSPS) is 15.8. The summed E-state index contributed by atoms with van der Waals surface area (Å²) in [7, 11) is 0. The number of benzene rings is 1. The molecule has 2 aromatic rings. The van der Waals surface area contributed by atoms with Crippen LogP contribution in [0.4, 0.5) is 18.9 Å². The molecule has 1 aliphatic heterocycles. The highest BCUT2D eigenvalue weighted by Crippen LogP contribution is 2.32. The summed E-state index contributed by atoms with van der Waals surface area (Å²) in [5.41, 5.74) is -0.214. The maximum atomic E-state index is 12.8. The van der Waals surface area contributed by atoms with Gasteiger partial charge in [0.05, 0.1) is 11.8 Å². The van der Waals surface area contributed by atoms with E-state index in [9.17, 15) is 22.8 Å². The van der Waals surface area contributed by atoms with Crippen molar-refractivity contribution in [3.63, 3.8) is 0 Å². The molecule has 0 aliphatic carbocycles. The van der Waals surface area contributed by atoms with Gasteiger partial charge < -0.3 is 4.90 Å². The molecule has 0 bridgehead atoms. The van der Waals surface area contributed by atoms with Gasteiger partial charge in [0.25, 0.3) is 5.91 Å². The van der Waals surface area contributed by atoms with Gasteiger partial charge in [0.2, 0.25) is 5.91 Å². The number of hydrogen-bond donors (Lipinski definition) is 0. The molecule has 2 heterocycles. The molecule has 0 atom stereocenters. The highest BCUT2D eigenvalue weighted by atomic mass is 19.4. The van der Waals surface area contributed by atoms with E-state index >= 15 is 0 Å². The molecule has 6 nitrogen and oxygen atoms in total. The number of nitrogens with zero attached hydrogens (tertiary/aromatic N) is 4. The molecule has 1 aliphatic rings. The first kappa shape index (κ1) is 17.6. The number of carbonyl (C=O) groups is 2. The average molecular weight is 362 g/mol. The lowest BCUT2D eigenvalue weighted by atomic mass is 10.1. The van der Waals surface area contributed by atoms with Gasteiger partial charge in [0.15, 0.2) is 0 Å². The van der Waals surface area contributed by atoms with E-state index in [1.165, 1.54) is 24.5 Å². The van der Waals surface area contributed by atoms with Crippen LogP contribution in [0.2, 0.25) is 0 Å². The first-order valence-electron chi connectivity index (χ1n) is 7.56. The lowest BCUT2D eigenvalue weighted by molar-refractivity contribution is -0.138. The van der Waals surface area contributed by atoms with Gasteiger partial charge in [-0.05, 0) is 24.3 Å². The Labute approximate surface area is 146 Å². The van der Waals surface area contributed by atoms with Crippen LogP contribution in [-0.4, -0.2) is 41.1 Å². The Morgan fingerprint density at radius 1 is 1.08 bits per heavy atom. The van der Waals surface area contributed by atoms with Crippen molar-refractivity contribution in [1.82, 2.24) is 9.99 Å². The second-order valence-corrected chi connectivity index (χ2v) is 5.51. The fourth-order valence-corrected chi connectivity index (χ4v) is 2.39. The Kier molecular flexibility index (Phi) is 4.70. The molecular formula is C17H13F3N4O2. The SMILES string of the molecule is O=C1CN(c2cccc(C(F)(F)F)c2)C(=O)CN1/N=C/c1cccnc1. The van der Waals surface area contributed by atoms with Crippen molar-refractivity contribution in [2.45, 2.75) is 6.18 Å². The zero-order valence-corrected chi connectivity index (χ0v) is 13.3. The number of alkyl halides is 3. The van der Waals surface area contributed by atoms with E-state index < -0.39 is 23.6 Å². The molecule has 0 unspecified atom stereocenters. The molecule has 9 heteroatoms. The van der Waals surface area contributed by atoms with E-state index in [4.69, 9.17) is 0 Å². The van der Waals surface area contributed by atoms with Gasteiger partial charge in [-0.1, -0.05) is 12.1 Å². The zero-order valence-electron chi connectivity index (χ0n) is 13.3. The smallest absolute Gasteiger partial charge is 0.301 e. The Morgan fingerprint density at radius 2 is 1.88 bits per heavy atom. The zero-order chi connectivity index (χ0) is 18.7. The number of pyridine rings is 1. The average Bonchev–Trinajstić information content (AvgIpc) is 2.62. The van der Waals surface area contributed by atoms with Crippen molar-refractivity contribution in [3.8, 4) is 0 Å². The minimum absolute atomic E-state index is 0.0223. The van der Waals surface area contributed by atoms with Crippen LogP contribution >= 0.6 is 0 Å². The number of aromatic nitrogens is 1. The van der Waals surface area contributed by atoms with Crippen LogP contribution in [-0.2, 0) is 15.8 Å². The van der Waals surface area contributed by atoms with Crippen LogP contribution < -0.4 is 4.90 Å². The van der Waals surface area contributed by atoms with Crippen LogP contribution in [0.15, 0.2) is 53.9 Å². The molecule has 1 aromatic heterocycles. The lowest BCUT2D eigenvalue weighted by Gasteiger charge is -2.31. The maximum Gasteiger partial charge on any atom is 0.416 e. The second-order valence-electron chi connectivity index (χ2n) is 5.51. The number of carbonyl (C=O) groups excluding carboxylic acids is 2. The van der Waals surface area contributed by atoms with Gasteiger partial charge >= 0.3 is 6.18 Å². The van der Waals surface area contributed by atoms with Crippen molar-refractivity contribution in [2.75, 3.05) is 18.0 Å². The van der Waals surface area contributed by atoms with Gasteiger partial charge in [-0.3, -0.25) is 14.6 Å². The fraction of sp³-hybridized carbons (Fsp3) is 0.176. The van der Waals surface area contributed by atoms with E-state index in [2.05, 4.69) is 10.1 Å². The van der Waals surface area contributed by atoms with Crippen LogP contribution in [0.25, 0.3) is 0 Å². The van der Waals surface area contributed by atoms with E-state index in [1.54, 1.807) is 18.3 Å². The Balaban J connectivity index is 1.76. The minimum atomic E-state index is -4.53. The van der Waals surface area contributed by atoms with Gasteiger partial charge in [-0.25, -0.2) is 5.01 Å². The van der Waals surface area contributed by atoms with Crippen molar-refractivity contribution in [1.29, 1.82) is 0 Å². The van der Waals surface area contributed by atoms with Crippen molar-refractivity contribution >= 4 is 23.7 Å². The summed E-state index contributed by atoms with van der Waals surface area (Å²) in [5.74, 6) is -1.02. The van der Waals surface area contributed by atoms with Gasteiger partial charge in [-0.2, -0.15) is 18.3 Å². The third-order valence-electron chi connectivity index (χ3n) is 3.68. The molecule has 3 rings (SSSR count). The third kappa shape index (κ3) is 3.88. The molecule has 1 fully saturated rings. The van der Waals surface area contributed by atoms with Gasteiger partial charge in [-0.15, -0.1) is 0 Å². The molecule has 2 amide bonds. The van der Waals surface area contributed by atoms with E-state index in [-0.39, 0.29) is 18.8 Å². The van der Waals surface area contributed by atoms with Crippen LogP contribution in [0.3, 0.4) is 0 Å². The summed E-state index contributed by atoms with van der Waals surface area (Å²) >= 11 is 0. The topological polar surface area (TPSA) is 65.9 Å².